The van der Waals surface area contributed by atoms with Crippen molar-refractivity contribution in [2.75, 3.05) is 0 Å². The highest BCUT2D eigenvalue weighted by Crippen LogP contribution is 2.46. The molecule has 0 bridgehead atoms. The summed E-state index contributed by atoms with van der Waals surface area (Å²) >= 11 is 0. The molecule has 30 heavy (non-hydrogen) atoms. The number of carbonyl (C=O) groups is 2. The third-order valence-electron chi connectivity index (χ3n) is 6.17. The maximum absolute atomic E-state index is 13.3. The van der Waals surface area contributed by atoms with Crippen LogP contribution in [0.3, 0.4) is 0 Å². The number of nitrogens with zero attached hydrogens (tertiary/aromatic N) is 1. The number of H-pyrrole nitrogens is 1. The van der Waals surface area contributed by atoms with Crippen molar-refractivity contribution in [1.29, 1.82) is 0 Å². The molecule has 2 aromatic carbocycles. The van der Waals surface area contributed by atoms with E-state index in [1.165, 1.54) is 0 Å². The highest BCUT2D eigenvalue weighted by Gasteiger charge is 2.48. The molecule has 148 valence electrons. The number of carbonyl (C=O) groups excluding carboxylic acids is 2. The summed E-state index contributed by atoms with van der Waals surface area (Å²) in [6, 6.07) is 18.5. The molecule has 0 saturated carbocycles. The Morgan fingerprint density at radius 1 is 1.10 bits per heavy atom. The fraction of sp³-hybridized carbons (Fsp3) is 0.167. The Labute approximate surface area is 172 Å². The lowest BCUT2D eigenvalue weighted by Gasteiger charge is -2.37. The van der Waals surface area contributed by atoms with E-state index in [1.54, 1.807) is 17.2 Å². The van der Waals surface area contributed by atoms with Crippen molar-refractivity contribution in [3.8, 4) is 0 Å². The average Bonchev–Trinajstić information content (AvgIpc) is 3.49. The van der Waals surface area contributed by atoms with Crippen molar-refractivity contribution in [2.24, 2.45) is 0 Å². The van der Waals surface area contributed by atoms with Gasteiger partial charge in [-0.3, -0.25) is 9.59 Å². The lowest BCUT2D eigenvalue weighted by Crippen LogP contribution is -2.52. The molecule has 2 N–H and O–H groups in total. The first-order chi connectivity index (χ1) is 14.7. The Balaban J connectivity index is 1.46. The number of hydrogen-bond acceptors (Lipinski definition) is 3. The van der Waals surface area contributed by atoms with Crippen LogP contribution in [0, 0.1) is 0 Å². The Morgan fingerprint density at radius 2 is 1.93 bits per heavy atom. The third-order valence-corrected chi connectivity index (χ3v) is 6.17. The molecule has 0 radical (unpaired) electrons. The van der Waals surface area contributed by atoms with Crippen LogP contribution in [0.2, 0.25) is 0 Å². The number of para-hydroxylation sites is 1. The highest BCUT2D eigenvalue weighted by molar-refractivity contribution is 6.03. The van der Waals surface area contributed by atoms with Crippen molar-refractivity contribution in [3.05, 3.63) is 95.1 Å². The lowest BCUT2D eigenvalue weighted by molar-refractivity contribution is -0.126. The smallest absolute Gasteiger partial charge is 0.255 e. The molecule has 0 saturated heterocycles. The molecule has 2 amide bonds. The van der Waals surface area contributed by atoms with E-state index in [0.717, 1.165) is 27.7 Å². The number of amides is 2. The van der Waals surface area contributed by atoms with Crippen molar-refractivity contribution < 1.29 is 14.0 Å². The first kappa shape index (κ1) is 17.1. The van der Waals surface area contributed by atoms with Crippen LogP contribution in [0.15, 0.2) is 71.3 Å². The van der Waals surface area contributed by atoms with E-state index in [0.29, 0.717) is 24.3 Å². The minimum Gasteiger partial charge on any atom is -0.467 e. The lowest BCUT2D eigenvalue weighted by atomic mass is 9.90. The number of aromatic amines is 1. The van der Waals surface area contributed by atoms with Crippen LogP contribution in [0.4, 0.5) is 0 Å². The zero-order valence-corrected chi connectivity index (χ0v) is 16.1. The maximum atomic E-state index is 13.3. The van der Waals surface area contributed by atoms with E-state index in [9.17, 15) is 9.59 Å². The van der Waals surface area contributed by atoms with Gasteiger partial charge in [0.1, 0.15) is 11.8 Å². The number of benzene rings is 2. The van der Waals surface area contributed by atoms with E-state index >= 15 is 0 Å². The summed E-state index contributed by atoms with van der Waals surface area (Å²) in [5, 5.41) is 4.05. The summed E-state index contributed by atoms with van der Waals surface area (Å²) in [6.07, 6.45) is 2.05. The van der Waals surface area contributed by atoms with Gasteiger partial charge < -0.3 is 19.6 Å². The number of hydrogen-bond donors (Lipinski definition) is 2. The zero-order chi connectivity index (χ0) is 20.2. The largest absolute Gasteiger partial charge is 0.467 e. The van der Waals surface area contributed by atoms with Crippen LogP contribution in [0.5, 0.6) is 0 Å². The van der Waals surface area contributed by atoms with Gasteiger partial charge in [0.15, 0.2) is 0 Å². The number of aromatic nitrogens is 1. The first-order valence-electron chi connectivity index (χ1n) is 10.0. The molecular formula is C24H19N3O3. The van der Waals surface area contributed by atoms with Gasteiger partial charge in [-0.1, -0.05) is 36.4 Å². The summed E-state index contributed by atoms with van der Waals surface area (Å²) in [7, 11) is 0. The van der Waals surface area contributed by atoms with Gasteiger partial charge in [0.25, 0.3) is 5.91 Å². The molecule has 2 aromatic heterocycles. The Hall–Kier alpha value is -3.80. The molecular weight excluding hydrogens is 378 g/mol. The van der Waals surface area contributed by atoms with Gasteiger partial charge in [-0.15, -0.1) is 0 Å². The van der Waals surface area contributed by atoms with Gasteiger partial charge >= 0.3 is 0 Å². The van der Waals surface area contributed by atoms with Crippen molar-refractivity contribution in [3.63, 3.8) is 0 Å². The van der Waals surface area contributed by atoms with Gasteiger partial charge in [-0.2, -0.15) is 0 Å². The zero-order valence-electron chi connectivity index (χ0n) is 16.1. The molecule has 4 heterocycles. The third kappa shape index (κ3) is 2.37. The fourth-order valence-corrected chi connectivity index (χ4v) is 4.84. The molecule has 4 aromatic rings. The Bertz CT molecular complexity index is 1290. The summed E-state index contributed by atoms with van der Waals surface area (Å²) in [5.74, 6) is 0.408. The molecule has 6 rings (SSSR count). The van der Waals surface area contributed by atoms with Crippen LogP contribution in [0.1, 0.15) is 39.0 Å². The topological polar surface area (TPSA) is 78.3 Å². The highest BCUT2D eigenvalue weighted by atomic mass is 16.3. The van der Waals surface area contributed by atoms with Crippen molar-refractivity contribution in [1.82, 2.24) is 15.2 Å². The van der Waals surface area contributed by atoms with Crippen LogP contribution in [-0.4, -0.2) is 27.7 Å². The number of rotatable bonds is 3. The monoisotopic (exact) mass is 397 g/mol. The quantitative estimate of drug-likeness (QED) is 0.555. The Kier molecular flexibility index (Phi) is 3.62. The van der Waals surface area contributed by atoms with Crippen LogP contribution < -0.4 is 5.32 Å². The minimum atomic E-state index is -0.587. The summed E-state index contributed by atoms with van der Waals surface area (Å²) < 4.78 is 5.33. The first-order valence-corrected chi connectivity index (χ1v) is 10.0. The SMILES string of the molecule is O=C(NCc1ccco1)[C@@H]1Cc2c([nH]c3ccccc23)C2c3ccccc3C(=O)N21. The van der Waals surface area contributed by atoms with Crippen LogP contribution >= 0.6 is 0 Å². The van der Waals surface area contributed by atoms with E-state index in [2.05, 4.69) is 16.4 Å². The second kappa shape index (κ2) is 6.35. The van der Waals surface area contributed by atoms with Crippen LogP contribution in [-0.2, 0) is 17.8 Å². The number of furan rings is 1. The summed E-state index contributed by atoms with van der Waals surface area (Å²) in [5.41, 5.74) is 4.74. The second-order valence-electron chi connectivity index (χ2n) is 7.78. The molecule has 1 unspecified atom stereocenters. The summed E-state index contributed by atoms with van der Waals surface area (Å²) in [4.78, 5) is 31.8. The van der Waals surface area contributed by atoms with Gasteiger partial charge in [0.2, 0.25) is 5.91 Å². The molecule has 2 aliphatic heterocycles. The van der Waals surface area contributed by atoms with E-state index in [-0.39, 0.29) is 17.9 Å². The molecule has 0 spiro atoms. The molecule has 2 atom stereocenters. The maximum Gasteiger partial charge on any atom is 0.255 e. The fourth-order valence-electron chi connectivity index (χ4n) is 4.84. The number of fused-ring (bicyclic) bond motifs is 7. The molecule has 6 nitrogen and oxygen atoms in total. The van der Waals surface area contributed by atoms with Gasteiger partial charge in [0, 0.05) is 28.6 Å². The predicted octanol–water partition coefficient (Wildman–Crippen LogP) is 3.55. The van der Waals surface area contributed by atoms with E-state index < -0.39 is 6.04 Å². The predicted molar refractivity (Wildman–Crippen MR) is 111 cm³/mol. The van der Waals surface area contributed by atoms with Gasteiger partial charge in [-0.25, -0.2) is 0 Å². The number of nitrogens with one attached hydrogen (secondary N) is 2. The van der Waals surface area contributed by atoms with Gasteiger partial charge in [-0.05, 0) is 35.4 Å². The minimum absolute atomic E-state index is 0.0990. The van der Waals surface area contributed by atoms with Crippen molar-refractivity contribution >= 4 is 22.7 Å². The Morgan fingerprint density at radius 3 is 2.80 bits per heavy atom. The van der Waals surface area contributed by atoms with Gasteiger partial charge in [0.05, 0.1) is 18.8 Å². The molecule has 2 aliphatic rings. The van der Waals surface area contributed by atoms with E-state index in [1.807, 2.05) is 48.5 Å². The normalized spacial score (nSPS) is 19.5. The molecule has 0 fully saturated rings. The average molecular weight is 397 g/mol. The molecule has 6 heteroatoms. The summed E-state index contributed by atoms with van der Waals surface area (Å²) in [6.45, 7) is 0.294. The van der Waals surface area contributed by atoms with Crippen LogP contribution in [0.25, 0.3) is 10.9 Å². The van der Waals surface area contributed by atoms with E-state index in [4.69, 9.17) is 4.42 Å². The molecule has 0 aliphatic carbocycles. The van der Waals surface area contributed by atoms with Crippen molar-refractivity contribution in [2.45, 2.75) is 25.0 Å². The second-order valence-corrected chi connectivity index (χ2v) is 7.78. The standard InChI is InChI=1S/C24H19N3O3/c28-23(25-13-14-6-5-11-30-14)20-12-18-15-7-3-4-10-19(15)26-21(18)22-16-8-1-2-9-17(16)24(29)27(20)22/h1-11,20,22,26H,12-13H2,(H,25,28)/t20-,22?/m0/s1.